The predicted octanol–water partition coefficient (Wildman–Crippen LogP) is 1.57. The van der Waals surface area contributed by atoms with Crippen LogP contribution in [0.5, 0.6) is 0 Å². The molecule has 0 bridgehead atoms. The van der Waals surface area contributed by atoms with Gasteiger partial charge in [-0.15, -0.1) is 0 Å². The third-order valence-electron chi connectivity index (χ3n) is 3.86. The first kappa shape index (κ1) is 14.5. The van der Waals surface area contributed by atoms with Gasteiger partial charge >= 0.3 is 0 Å². The molecule has 2 atom stereocenters. The Balaban J connectivity index is 2.15. The number of rotatable bonds is 5. The molecular formula is C14H26N4O. The van der Waals surface area contributed by atoms with Gasteiger partial charge in [-0.25, -0.2) is 0 Å². The average Bonchev–Trinajstić information content (AvgIpc) is 2.85. The topological polar surface area (TPSA) is 56.3 Å². The van der Waals surface area contributed by atoms with Crippen LogP contribution in [-0.2, 0) is 4.74 Å². The van der Waals surface area contributed by atoms with Crippen LogP contribution in [0.1, 0.15) is 44.3 Å². The minimum Gasteiger partial charge on any atom is -0.383 e. The van der Waals surface area contributed by atoms with Gasteiger partial charge < -0.3 is 10.5 Å². The van der Waals surface area contributed by atoms with Crippen molar-refractivity contribution in [3.8, 4) is 0 Å². The standard InChI is InChI=1S/C14H26N4O/c1-11(2)18-10-12(9-16-18)14-13(15)5-4-6-17(14)7-8-19-3/h9-11,13-14H,4-8,15H2,1-3H3. The largest absolute Gasteiger partial charge is 0.383 e. The van der Waals surface area contributed by atoms with E-state index in [1.807, 2.05) is 10.9 Å². The number of ether oxygens (including phenoxy) is 1. The van der Waals surface area contributed by atoms with Crippen molar-refractivity contribution >= 4 is 0 Å². The molecule has 2 unspecified atom stereocenters. The van der Waals surface area contributed by atoms with Crippen LogP contribution in [0.3, 0.4) is 0 Å². The molecule has 5 heteroatoms. The van der Waals surface area contributed by atoms with Crippen LogP contribution in [0.25, 0.3) is 0 Å². The predicted molar refractivity (Wildman–Crippen MR) is 76.0 cm³/mol. The Morgan fingerprint density at radius 1 is 1.53 bits per heavy atom. The van der Waals surface area contributed by atoms with E-state index in [1.54, 1.807) is 7.11 Å². The smallest absolute Gasteiger partial charge is 0.0589 e. The van der Waals surface area contributed by atoms with Crippen molar-refractivity contribution in [1.82, 2.24) is 14.7 Å². The van der Waals surface area contributed by atoms with E-state index in [-0.39, 0.29) is 12.1 Å². The third-order valence-corrected chi connectivity index (χ3v) is 3.86. The lowest BCUT2D eigenvalue weighted by atomic mass is 9.93. The monoisotopic (exact) mass is 266 g/mol. The van der Waals surface area contributed by atoms with Crippen molar-refractivity contribution in [1.29, 1.82) is 0 Å². The molecule has 1 fully saturated rings. The van der Waals surface area contributed by atoms with E-state index >= 15 is 0 Å². The minimum absolute atomic E-state index is 0.190. The fraction of sp³-hybridized carbons (Fsp3) is 0.786. The zero-order valence-corrected chi connectivity index (χ0v) is 12.2. The first-order valence-electron chi connectivity index (χ1n) is 7.16. The van der Waals surface area contributed by atoms with Crippen molar-refractivity contribution in [2.45, 2.75) is 44.8 Å². The maximum atomic E-state index is 6.34. The second-order valence-electron chi connectivity index (χ2n) is 5.63. The fourth-order valence-electron chi connectivity index (χ4n) is 2.80. The Morgan fingerprint density at radius 2 is 2.32 bits per heavy atom. The van der Waals surface area contributed by atoms with Crippen LogP contribution in [0.15, 0.2) is 12.4 Å². The zero-order valence-electron chi connectivity index (χ0n) is 12.2. The molecule has 0 saturated carbocycles. The number of likely N-dealkylation sites (tertiary alicyclic amines) is 1. The fourth-order valence-corrected chi connectivity index (χ4v) is 2.80. The van der Waals surface area contributed by atoms with Gasteiger partial charge in [0.15, 0.2) is 0 Å². The Morgan fingerprint density at radius 3 is 2.95 bits per heavy atom. The molecular weight excluding hydrogens is 240 g/mol. The van der Waals surface area contributed by atoms with Crippen molar-refractivity contribution in [2.24, 2.45) is 5.73 Å². The highest BCUT2D eigenvalue weighted by atomic mass is 16.5. The molecule has 1 saturated heterocycles. The van der Waals surface area contributed by atoms with Crippen molar-refractivity contribution in [3.63, 3.8) is 0 Å². The quantitative estimate of drug-likeness (QED) is 0.879. The van der Waals surface area contributed by atoms with Crippen molar-refractivity contribution in [2.75, 3.05) is 26.8 Å². The lowest BCUT2D eigenvalue weighted by Gasteiger charge is -2.39. The second-order valence-corrected chi connectivity index (χ2v) is 5.63. The van der Waals surface area contributed by atoms with Gasteiger partial charge in [-0.3, -0.25) is 9.58 Å². The van der Waals surface area contributed by atoms with Gasteiger partial charge in [-0.1, -0.05) is 0 Å². The van der Waals surface area contributed by atoms with Gasteiger partial charge in [0.2, 0.25) is 0 Å². The molecule has 2 N–H and O–H groups in total. The number of nitrogens with two attached hydrogens (primary N) is 1. The number of nitrogens with zero attached hydrogens (tertiary/aromatic N) is 3. The van der Waals surface area contributed by atoms with E-state index in [0.29, 0.717) is 6.04 Å². The summed E-state index contributed by atoms with van der Waals surface area (Å²) in [5.41, 5.74) is 7.57. The summed E-state index contributed by atoms with van der Waals surface area (Å²) in [6.45, 7) is 7.05. The highest BCUT2D eigenvalue weighted by Gasteiger charge is 2.31. The molecule has 19 heavy (non-hydrogen) atoms. The summed E-state index contributed by atoms with van der Waals surface area (Å²) in [6.07, 6.45) is 6.36. The van der Waals surface area contributed by atoms with Crippen molar-refractivity contribution < 1.29 is 4.74 Å². The van der Waals surface area contributed by atoms with E-state index in [2.05, 4.69) is 30.0 Å². The summed E-state index contributed by atoms with van der Waals surface area (Å²) in [7, 11) is 1.75. The summed E-state index contributed by atoms with van der Waals surface area (Å²) >= 11 is 0. The van der Waals surface area contributed by atoms with E-state index in [1.165, 1.54) is 12.0 Å². The molecule has 1 aliphatic rings. The van der Waals surface area contributed by atoms with Crippen LogP contribution < -0.4 is 5.73 Å². The van der Waals surface area contributed by atoms with Crippen LogP contribution in [0.2, 0.25) is 0 Å². The molecule has 0 aromatic carbocycles. The molecule has 0 radical (unpaired) electrons. The van der Waals surface area contributed by atoms with Gasteiger partial charge in [0.25, 0.3) is 0 Å². The molecule has 2 rings (SSSR count). The summed E-state index contributed by atoms with van der Waals surface area (Å²) in [6, 6.07) is 0.854. The molecule has 1 aromatic rings. The van der Waals surface area contributed by atoms with Crippen LogP contribution in [0, 0.1) is 0 Å². The summed E-state index contributed by atoms with van der Waals surface area (Å²) in [5, 5.41) is 4.44. The highest BCUT2D eigenvalue weighted by molar-refractivity contribution is 5.15. The Bertz CT molecular complexity index is 391. The number of hydrogen-bond acceptors (Lipinski definition) is 4. The normalized spacial score (nSPS) is 25.1. The average molecular weight is 266 g/mol. The molecule has 2 heterocycles. The lowest BCUT2D eigenvalue weighted by Crippen LogP contribution is -2.46. The maximum absolute atomic E-state index is 6.34. The number of hydrogen-bond donors (Lipinski definition) is 1. The highest BCUT2D eigenvalue weighted by Crippen LogP contribution is 2.30. The van der Waals surface area contributed by atoms with Crippen LogP contribution in [-0.4, -0.2) is 47.5 Å². The van der Waals surface area contributed by atoms with E-state index in [0.717, 1.165) is 26.1 Å². The first-order chi connectivity index (χ1) is 9.13. The zero-order chi connectivity index (χ0) is 13.8. The summed E-state index contributed by atoms with van der Waals surface area (Å²) < 4.78 is 7.21. The molecule has 0 spiro atoms. The molecule has 5 nitrogen and oxygen atoms in total. The first-order valence-corrected chi connectivity index (χ1v) is 7.16. The Hall–Kier alpha value is -0.910. The van der Waals surface area contributed by atoms with E-state index < -0.39 is 0 Å². The minimum atomic E-state index is 0.190. The third kappa shape index (κ3) is 3.35. The van der Waals surface area contributed by atoms with E-state index in [4.69, 9.17) is 10.5 Å². The van der Waals surface area contributed by atoms with Gasteiger partial charge in [0, 0.05) is 37.5 Å². The molecule has 1 aromatic heterocycles. The number of aromatic nitrogens is 2. The molecule has 0 amide bonds. The summed E-state index contributed by atoms with van der Waals surface area (Å²) in [5.74, 6) is 0. The SMILES string of the molecule is COCCN1CCCC(N)C1c1cnn(C(C)C)c1. The van der Waals surface area contributed by atoms with Gasteiger partial charge in [-0.2, -0.15) is 5.10 Å². The molecule has 108 valence electrons. The maximum Gasteiger partial charge on any atom is 0.0589 e. The van der Waals surface area contributed by atoms with E-state index in [9.17, 15) is 0 Å². The molecule has 1 aliphatic heterocycles. The Labute approximate surface area is 115 Å². The van der Waals surface area contributed by atoms with Crippen LogP contribution >= 0.6 is 0 Å². The van der Waals surface area contributed by atoms with Crippen LogP contribution in [0.4, 0.5) is 0 Å². The van der Waals surface area contributed by atoms with Gasteiger partial charge in [0.1, 0.15) is 0 Å². The van der Waals surface area contributed by atoms with Crippen molar-refractivity contribution in [3.05, 3.63) is 18.0 Å². The van der Waals surface area contributed by atoms with Gasteiger partial charge in [0.05, 0.1) is 18.8 Å². The van der Waals surface area contributed by atoms with Gasteiger partial charge in [-0.05, 0) is 33.2 Å². The molecule has 0 aliphatic carbocycles. The lowest BCUT2D eigenvalue weighted by molar-refractivity contribution is 0.0847. The summed E-state index contributed by atoms with van der Waals surface area (Å²) in [4.78, 5) is 2.43. The second kappa shape index (κ2) is 6.50. The Kier molecular flexibility index (Phi) is 4.96. The number of methoxy groups -OCH3 is 1. The number of piperidine rings is 1.